The molecule has 2 radical (unpaired) electrons. The number of hydrogen-bond donors (Lipinski definition) is 0. The average molecular weight is 330 g/mol. The molecule has 0 amide bonds. The molecule has 0 aromatic rings. The minimum atomic E-state index is -0.389. The molecule has 0 atom stereocenters. The minimum absolute atomic E-state index is 0. The van der Waals surface area contributed by atoms with Crippen molar-refractivity contribution in [3.63, 3.8) is 0 Å². The van der Waals surface area contributed by atoms with Gasteiger partial charge >= 0.3 is 0 Å². The maximum Gasteiger partial charge on any atom is 0.191 e. The molecule has 0 aromatic carbocycles. The Morgan fingerprint density at radius 3 is 0.933 bits per heavy atom. The van der Waals surface area contributed by atoms with Crippen molar-refractivity contribution in [1.29, 1.82) is 0 Å². The van der Waals surface area contributed by atoms with E-state index >= 15 is 0 Å². The van der Waals surface area contributed by atoms with E-state index in [-0.39, 0.29) is 52.2 Å². The average Bonchev–Trinajstić information content (AvgIpc) is 1.86. The van der Waals surface area contributed by atoms with E-state index in [2.05, 4.69) is 40.0 Å². The first-order valence-corrected chi connectivity index (χ1v) is 9.64. The van der Waals surface area contributed by atoms with Gasteiger partial charge in [0.25, 0.3) is 0 Å². The molecule has 0 N–H and O–H groups in total. The summed E-state index contributed by atoms with van der Waals surface area (Å²) < 4.78 is 5.45. The first-order chi connectivity index (χ1) is 5.95. The van der Waals surface area contributed by atoms with Crippen LogP contribution in [0.3, 0.4) is 0 Å². The molecule has 1 nitrogen and oxygen atoms in total. The van der Waals surface area contributed by atoms with E-state index in [0.29, 0.717) is 0 Å². The summed E-state index contributed by atoms with van der Waals surface area (Å²) in [5, 5.41) is 0. The van der Waals surface area contributed by atoms with E-state index in [4.69, 9.17) is 4.12 Å². The predicted molar refractivity (Wildman–Crippen MR) is 67.3 cm³/mol. The number of rotatable bonds is 2. The summed E-state index contributed by atoms with van der Waals surface area (Å²) in [5.74, 6) is 0. The van der Waals surface area contributed by atoms with Crippen molar-refractivity contribution in [3.8, 4) is 0 Å². The summed E-state index contributed by atoms with van der Waals surface area (Å²) in [6.45, 7) is 19.7. The third kappa shape index (κ3) is 94.3. The summed E-state index contributed by atoms with van der Waals surface area (Å²) in [6, 6.07) is 0. The van der Waals surface area contributed by atoms with Crippen molar-refractivity contribution in [1.82, 2.24) is 0 Å². The molecule has 0 spiro atoms. The van der Waals surface area contributed by atoms with Crippen molar-refractivity contribution in [2.24, 2.45) is 0 Å². The standard InChI is InChI=1S/C4H12OSi2.2C3H7.2Fe/c1-6(2)5-7(3)4;2*1-3-2;;/h1-4H3;2*1,3H2,2H3;;/q;2*-1;;. The Hall–Kier alpha value is 1.43. The van der Waals surface area contributed by atoms with Gasteiger partial charge in [0.15, 0.2) is 18.1 Å². The molecule has 0 bridgehead atoms. The zero-order chi connectivity index (χ0) is 11.3. The summed E-state index contributed by atoms with van der Waals surface area (Å²) in [4.78, 5) is 0. The number of hydrogen-bond acceptors (Lipinski definition) is 1. The summed E-state index contributed by atoms with van der Waals surface area (Å²) in [6.07, 6.45) is 2.00. The Morgan fingerprint density at radius 1 is 0.800 bits per heavy atom. The van der Waals surface area contributed by atoms with Crippen LogP contribution in [0.1, 0.15) is 26.7 Å². The predicted octanol–water partition coefficient (Wildman–Crippen LogP) is 3.96. The fraction of sp³-hybridized carbons (Fsp3) is 0.800. The maximum atomic E-state index is 5.45. The molecule has 0 aliphatic carbocycles. The van der Waals surface area contributed by atoms with E-state index in [1.54, 1.807) is 0 Å². The van der Waals surface area contributed by atoms with Crippen molar-refractivity contribution in [2.75, 3.05) is 0 Å². The van der Waals surface area contributed by atoms with Crippen LogP contribution in [0, 0.1) is 13.8 Å². The van der Waals surface area contributed by atoms with Crippen LogP contribution in [0.2, 0.25) is 26.2 Å². The van der Waals surface area contributed by atoms with Crippen LogP contribution in [0.4, 0.5) is 0 Å². The van der Waals surface area contributed by atoms with Gasteiger partial charge in [0, 0.05) is 34.1 Å². The van der Waals surface area contributed by atoms with Gasteiger partial charge in [-0.3, -0.25) is 0 Å². The van der Waals surface area contributed by atoms with Crippen LogP contribution in [-0.4, -0.2) is 18.1 Å². The van der Waals surface area contributed by atoms with Gasteiger partial charge in [0.1, 0.15) is 0 Å². The summed E-state index contributed by atoms with van der Waals surface area (Å²) in [5.41, 5.74) is 0. The van der Waals surface area contributed by atoms with E-state index < -0.39 is 0 Å². The summed E-state index contributed by atoms with van der Waals surface area (Å²) >= 11 is 0. The largest absolute Gasteiger partial charge is 0.456 e. The molecule has 0 aliphatic rings. The van der Waals surface area contributed by atoms with E-state index in [1.807, 2.05) is 13.8 Å². The van der Waals surface area contributed by atoms with Crippen molar-refractivity contribution in [2.45, 2.75) is 52.9 Å². The second-order valence-electron chi connectivity index (χ2n) is 2.92. The van der Waals surface area contributed by atoms with Crippen molar-refractivity contribution >= 4 is 18.1 Å². The zero-order valence-electron chi connectivity index (χ0n) is 10.9. The molecule has 0 aliphatic heterocycles. The van der Waals surface area contributed by atoms with Crippen LogP contribution in [0.25, 0.3) is 0 Å². The Bertz CT molecular complexity index is 66.4. The Morgan fingerprint density at radius 2 is 0.933 bits per heavy atom. The quantitative estimate of drug-likeness (QED) is 0.550. The smallest absolute Gasteiger partial charge is 0.191 e. The monoisotopic (exact) mass is 330 g/mol. The fourth-order valence-electron chi connectivity index (χ4n) is 0.408. The Labute approximate surface area is 123 Å². The van der Waals surface area contributed by atoms with Gasteiger partial charge < -0.3 is 18.0 Å². The molecule has 5 heteroatoms. The minimum Gasteiger partial charge on any atom is -0.456 e. The molecule has 0 saturated heterocycles. The Kier molecular flexibility index (Phi) is 59.0. The molecule has 0 aromatic heterocycles. The molecule has 0 saturated carbocycles. The molecular weight excluding hydrogens is 304 g/mol. The van der Waals surface area contributed by atoms with Crippen LogP contribution < -0.4 is 0 Å². The maximum absolute atomic E-state index is 5.45. The van der Waals surface area contributed by atoms with Crippen molar-refractivity contribution in [3.05, 3.63) is 13.8 Å². The van der Waals surface area contributed by atoms with Gasteiger partial charge in [-0.15, -0.1) is 0 Å². The van der Waals surface area contributed by atoms with Gasteiger partial charge in [-0.1, -0.05) is 13.8 Å². The molecule has 98 valence electrons. The molecule has 0 unspecified atom stereocenters. The van der Waals surface area contributed by atoms with E-state index in [0.717, 1.165) is 12.8 Å². The SMILES string of the molecule is C[Si](C)O[Si](C)C.[CH2-]CC.[CH2-]CC.[Fe].[Fe]. The second kappa shape index (κ2) is 29.5. The normalized spacial score (nSPS) is 7.60. The molecule has 15 heavy (non-hydrogen) atoms. The van der Waals surface area contributed by atoms with Gasteiger partial charge in [-0.05, 0) is 26.2 Å². The third-order valence-corrected chi connectivity index (χ3v) is 3.67. The second-order valence-corrected chi connectivity index (χ2v) is 7.37. The van der Waals surface area contributed by atoms with Gasteiger partial charge in [-0.2, -0.15) is 12.8 Å². The summed E-state index contributed by atoms with van der Waals surface area (Å²) in [7, 11) is -0.778. The van der Waals surface area contributed by atoms with E-state index in [9.17, 15) is 0 Å². The van der Waals surface area contributed by atoms with Crippen molar-refractivity contribution < 1.29 is 38.3 Å². The van der Waals surface area contributed by atoms with Gasteiger partial charge in [0.05, 0.1) is 0 Å². The fourth-order valence-corrected chi connectivity index (χ4v) is 3.67. The molecule has 0 heterocycles. The first-order valence-electron chi connectivity index (χ1n) is 4.82. The molecule has 0 rings (SSSR count). The van der Waals surface area contributed by atoms with Crippen LogP contribution in [0.5, 0.6) is 0 Å². The van der Waals surface area contributed by atoms with Crippen LogP contribution in [0.15, 0.2) is 0 Å². The first kappa shape index (κ1) is 29.9. The molecular formula is C10H26Fe2OSi2-2. The van der Waals surface area contributed by atoms with Crippen LogP contribution >= 0.6 is 0 Å². The Balaban J connectivity index is -0.0000000361. The van der Waals surface area contributed by atoms with E-state index in [1.165, 1.54) is 0 Å². The molecule has 0 fully saturated rings. The van der Waals surface area contributed by atoms with Gasteiger partial charge in [0.2, 0.25) is 0 Å². The topological polar surface area (TPSA) is 9.23 Å². The van der Waals surface area contributed by atoms with Crippen LogP contribution in [-0.2, 0) is 38.3 Å². The zero-order valence-corrected chi connectivity index (χ0v) is 15.2. The third-order valence-electron chi connectivity index (χ3n) is 0.408. The van der Waals surface area contributed by atoms with Gasteiger partial charge in [-0.25, -0.2) is 0 Å².